The second-order valence-electron chi connectivity index (χ2n) is 7.40. The summed E-state index contributed by atoms with van der Waals surface area (Å²) in [6.07, 6.45) is 3.35. The minimum atomic E-state index is -0.790. The van der Waals surface area contributed by atoms with Gasteiger partial charge in [0.2, 0.25) is 0 Å². The fraction of sp³-hybridized carbons (Fsp3) is 0.217. The zero-order valence-corrected chi connectivity index (χ0v) is 17.0. The van der Waals surface area contributed by atoms with Crippen LogP contribution in [-0.4, -0.2) is 51.0 Å². The summed E-state index contributed by atoms with van der Waals surface area (Å²) in [5.41, 5.74) is 0.0155. The second-order valence-corrected chi connectivity index (χ2v) is 7.40. The van der Waals surface area contributed by atoms with Gasteiger partial charge in [-0.1, -0.05) is 12.1 Å². The number of pyridine rings is 2. The first-order chi connectivity index (χ1) is 15.4. The van der Waals surface area contributed by atoms with Crippen molar-refractivity contribution in [3.05, 3.63) is 77.8 Å². The number of aliphatic hydroxyl groups excluding tert-OH is 1. The van der Waals surface area contributed by atoms with E-state index >= 15 is 0 Å². The van der Waals surface area contributed by atoms with Crippen LogP contribution in [0, 0.1) is 11.6 Å². The molecule has 0 radical (unpaired) electrons. The summed E-state index contributed by atoms with van der Waals surface area (Å²) >= 11 is 0. The number of benzene rings is 1. The zero-order valence-electron chi connectivity index (χ0n) is 17.0. The number of anilines is 1. The van der Waals surface area contributed by atoms with Crippen LogP contribution < -0.4 is 5.32 Å². The highest BCUT2D eigenvalue weighted by Gasteiger charge is 2.25. The van der Waals surface area contributed by atoms with Crippen LogP contribution >= 0.6 is 0 Å². The van der Waals surface area contributed by atoms with Crippen molar-refractivity contribution in [3.63, 3.8) is 0 Å². The number of halogens is 2. The molecule has 164 valence electrons. The molecule has 2 aromatic heterocycles. The van der Waals surface area contributed by atoms with E-state index in [0.717, 1.165) is 12.1 Å². The van der Waals surface area contributed by atoms with Crippen LogP contribution in [0.25, 0.3) is 11.3 Å². The Morgan fingerprint density at radius 2 is 1.72 bits per heavy atom. The lowest BCUT2D eigenvalue weighted by molar-refractivity contribution is 0.0547. The number of nitrogens with one attached hydrogen (secondary N) is 1. The predicted octanol–water partition coefficient (Wildman–Crippen LogP) is 3.27. The average Bonchev–Trinajstić information content (AvgIpc) is 2.79. The number of hydrogen-bond acceptors (Lipinski definition) is 5. The first-order valence-electron chi connectivity index (χ1n) is 10.1. The molecule has 3 heterocycles. The fourth-order valence-electron chi connectivity index (χ4n) is 3.55. The third-order valence-corrected chi connectivity index (χ3v) is 5.25. The standard InChI is InChI=1S/C23H20F2N4O3/c24-16-3-1-4-17(25)21(16)18-5-2-6-19(27-18)22(31)28-20-13-26-10-7-15(20)23(32)29-11-8-14(30)9-12-29/h1-7,10,13-14,30H,8-9,11-12H2,(H,28,31). The van der Waals surface area contributed by atoms with E-state index in [1.807, 2.05) is 0 Å². The van der Waals surface area contributed by atoms with Crippen LogP contribution in [0.1, 0.15) is 33.7 Å². The van der Waals surface area contributed by atoms with Gasteiger partial charge in [0.05, 0.1) is 34.8 Å². The second kappa shape index (κ2) is 9.19. The van der Waals surface area contributed by atoms with E-state index in [9.17, 15) is 23.5 Å². The molecule has 0 bridgehead atoms. The molecule has 1 aliphatic rings. The van der Waals surface area contributed by atoms with E-state index in [1.54, 1.807) is 4.90 Å². The molecular formula is C23H20F2N4O3. The number of nitrogens with zero attached hydrogens (tertiary/aromatic N) is 3. The number of carbonyl (C=O) groups is 2. The van der Waals surface area contributed by atoms with Crippen molar-refractivity contribution in [2.24, 2.45) is 0 Å². The molecule has 2 amide bonds. The van der Waals surface area contributed by atoms with E-state index in [-0.39, 0.29) is 34.1 Å². The number of likely N-dealkylation sites (tertiary alicyclic amines) is 1. The quantitative estimate of drug-likeness (QED) is 0.652. The van der Waals surface area contributed by atoms with Crippen LogP contribution in [0.3, 0.4) is 0 Å². The lowest BCUT2D eigenvalue weighted by Gasteiger charge is -2.30. The molecule has 32 heavy (non-hydrogen) atoms. The lowest BCUT2D eigenvalue weighted by Crippen LogP contribution is -2.40. The number of carbonyl (C=O) groups excluding carboxylic acids is 2. The van der Waals surface area contributed by atoms with Crippen molar-refractivity contribution in [1.29, 1.82) is 0 Å². The van der Waals surface area contributed by atoms with Gasteiger partial charge in [0.15, 0.2) is 0 Å². The first-order valence-corrected chi connectivity index (χ1v) is 10.1. The third kappa shape index (κ3) is 4.47. The summed E-state index contributed by atoms with van der Waals surface area (Å²) in [6.45, 7) is 0.820. The summed E-state index contributed by atoms with van der Waals surface area (Å²) in [7, 11) is 0. The average molecular weight is 438 g/mol. The number of amides is 2. The molecule has 4 rings (SSSR count). The van der Waals surface area contributed by atoms with Gasteiger partial charge in [-0.2, -0.15) is 0 Å². The molecule has 1 saturated heterocycles. The predicted molar refractivity (Wildman–Crippen MR) is 113 cm³/mol. The van der Waals surface area contributed by atoms with Crippen LogP contribution in [-0.2, 0) is 0 Å². The van der Waals surface area contributed by atoms with Crippen molar-refractivity contribution in [3.8, 4) is 11.3 Å². The van der Waals surface area contributed by atoms with Crippen molar-refractivity contribution in [2.45, 2.75) is 18.9 Å². The molecule has 2 N–H and O–H groups in total. The highest BCUT2D eigenvalue weighted by molar-refractivity contribution is 6.08. The molecule has 0 spiro atoms. The first kappa shape index (κ1) is 21.5. The number of hydrogen-bond donors (Lipinski definition) is 2. The van der Waals surface area contributed by atoms with Crippen LogP contribution in [0.15, 0.2) is 54.9 Å². The minimum absolute atomic E-state index is 0.0254. The smallest absolute Gasteiger partial charge is 0.274 e. The normalized spacial score (nSPS) is 14.3. The summed E-state index contributed by atoms with van der Waals surface area (Å²) < 4.78 is 28.2. The van der Waals surface area contributed by atoms with Crippen LogP contribution in [0.2, 0.25) is 0 Å². The molecule has 1 fully saturated rings. The Morgan fingerprint density at radius 1 is 1.03 bits per heavy atom. The SMILES string of the molecule is O=C(Nc1cnccc1C(=O)N1CCC(O)CC1)c1cccc(-c2c(F)cccc2F)n1. The largest absolute Gasteiger partial charge is 0.393 e. The molecule has 1 aromatic carbocycles. The van der Waals surface area contributed by atoms with Crippen molar-refractivity contribution >= 4 is 17.5 Å². The van der Waals surface area contributed by atoms with Gasteiger partial charge in [-0.3, -0.25) is 14.6 Å². The Kier molecular flexibility index (Phi) is 6.18. The molecule has 3 aromatic rings. The topological polar surface area (TPSA) is 95.4 Å². The summed E-state index contributed by atoms with van der Waals surface area (Å²) in [4.78, 5) is 35.4. The maximum atomic E-state index is 14.1. The number of aromatic nitrogens is 2. The van der Waals surface area contributed by atoms with Gasteiger partial charge in [0, 0.05) is 19.3 Å². The van der Waals surface area contributed by atoms with Gasteiger partial charge in [0.25, 0.3) is 11.8 Å². The van der Waals surface area contributed by atoms with Gasteiger partial charge < -0.3 is 15.3 Å². The van der Waals surface area contributed by atoms with Gasteiger partial charge in [0.1, 0.15) is 17.3 Å². The van der Waals surface area contributed by atoms with Crippen LogP contribution in [0.4, 0.5) is 14.5 Å². The van der Waals surface area contributed by atoms with E-state index in [1.165, 1.54) is 42.7 Å². The molecule has 0 unspecified atom stereocenters. The maximum Gasteiger partial charge on any atom is 0.274 e. The maximum absolute atomic E-state index is 14.1. The fourth-order valence-corrected chi connectivity index (χ4v) is 3.55. The minimum Gasteiger partial charge on any atom is -0.393 e. The number of piperidine rings is 1. The van der Waals surface area contributed by atoms with Crippen molar-refractivity contribution < 1.29 is 23.5 Å². The van der Waals surface area contributed by atoms with Crippen molar-refractivity contribution in [2.75, 3.05) is 18.4 Å². The van der Waals surface area contributed by atoms with Gasteiger partial charge in [-0.05, 0) is 43.2 Å². The molecule has 0 saturated carbocycles. The molecule has 9 heteroatoms. The summed E-state index contributed by atoms with van der Waals surface area (Å²) in [5.74, 6) is -2.52. The lowest BCUT2D eigenvalue weighted by atomic mass is 10.1. The summed E-state index contributed by atoms with van der Waals surface area (Å²) in [5, 5.41) is 12.3. The van der Waals surface area contributed by atoms with E-state index in [0.29, 0.717) is 25.9 Å². The Hall–Kier alpha value is -3.72. The highest BCUT2D eigenvalue weighted by Crippen LogP contribution is 2.25. The van der Waals surface area contributed by atoms with Gasteiger partial charge in [-0.15, -0.1) is 0 Å². The van der Waals surface area contributed by atoms with Crippen LogP contribution in [0.5, 0.6) is 0 Å². The summed E-state index contributed by atoms with van der Waals surface area (Å²) in [6, 6.07) is 9.25. The molecular weight excluding hydrogens is 418 g/mol. The Labute approximate surface area is 182 Å². The van der Waals surface area contributed by atoms with Gasteiger partial charge in [-0.25, -0.2) is 13.8 Å². The highest BCUT2D eigenvalue weighted by atomic mass is 19.1. The molecule has 0 atom stereocenters. The van der Waals surface area contributed by atoms with Crippen molar-refractivity contribution in [1.82, 2.24) is 14.9 Å². The molecule has 1 aliphatic heterocycles. The van der Waals surface area contributed by atoms with E-state index in [4.69, 9.17) is 0 Å². The number of rotatable bonds is 4. The van der Waals surface area contributed by atoms with E-state index in [2.05, 4.69) is 15.3 Å². The zero-order chi connectivity index (χ0) is 22.7. The molecule has 0 aliphatic carbocycles. The number of aliphatic hydroxyl groups is 1. The van der Waals surface area contributed by atoms with E-state index < -0.39 is 23.6 Å². The Morgan fingerprint density at radius 3 is 2.44 bits per heavy atom. The Bertz CT molecular complexity index is 1140. The van der Waals surface area contributed by atoms with Gasteiger partial charge >= 0.3 is 0 Å². The molecule has 7 nitrogen and oxygen atoms in total. The Balaban J connectivity index is 1.57. The third-order valence-electron chi connectivity index (χ3n) is 5.25. The monoisotopic (exact) mass is 438 g/mol.